The van der Waals surface area contributed by atoms with Crippen molar-refractivity contribution in [2.45, 2.75) is 35.4 Å². The number of nitrogens with one attached hydrogen (secondary N) is 1. The second-order valence-corrected chi connectivity index (χ2v) is 7.45. The zero-order valence-electron chi connectivity index (χ0n) is 13.6. The Morgan fingerprint density at radius 1 is 1.24 bits per heavy atom. The number of benzene rings is 2. The molecular weight excluding hydrogens is 341 g/mol. The van der Waals surface area contributed by atoms with Crippen molar-refractivity contribution in [1.82, 2.24) is 5.32 Å². The van der Waals surface area contributed by atoms with E-state index in [2.05, 4.69) is 5.32 Å². The molecule has 0 aliphatic heterocycles. The molecule has 4 nitrogen and oxygen atoms in total. The van der Waals surface area contributed by atoms with Crippen molar-refractivity contribution in [3.63, 3.8) is 0 Å². The van der Waals surface area contributed by atoms with Gasteiger partial charge < -0.3 is 10.4 Å². The number of aliphatic carboxylic acids is 1. The van der Waals surface area contributed by atoms with Crippen molar-refractivity contribution in [2.24, 2.45) is 0 Å². The number of carboxylic acid groups (broad SMARTS) is 1. The first kappa shape index (κ1) is 17.5. The summed E-state index contributed by atoms with van der Waals surface area (Å²) in [5, 5.41) is 11.4. The zero-order chi connectivity index (χ0) is 18.0. The summed E-state index contributed by atoms with van der Waals surface area (Å²) in [5.74, 6) is -1.31. The number of rotatable bonds is 6. The minimum absolute atomic E-state index is 0.0238. The van der Waals surface area contributed by atoms with Crippen LogP contribution >= 0.6 is 11.8 Å². The van der Waals surface area contributed by atoms with Crippen molar-refractivity contribution in [2.75, 3.05) is 0 Å². The van der Waals surface area contributed by atoms with E-state index in [0.717, 1.165) is 23.7 Å². The van der Waals surface area contributed by atoms with Crippen LogP contribution in [-0.2, 0) is 4.79 Å². The monoisotopic (exact) mass is 359 g/mol. The number of hydrogen-bond acceptors (Lipinski definition) is 3. The van der Waals surface area contributed by atoms with Crippen molar-refractivity contribution >= 4 is 23.6 Å². The summed E-state index contributed by atoms with van der Waals surface area (Å²) in [6.45, 7) is 1.59. The standard InChI is InChI=1S/C19H18FNO3S/c1-11(19(23)24)25-17-8-3-2-7-14(17)18(22)21-16-10-15(16)12-5-4-6-13(20)9-12/h2-9,11,15-16H,10H2,1H3,(H,21,22)(H,23,24). The van der Waals surface area contributed by atoms with Crippen LogP contribution in [0.15, 0.2) is 53.4 Å². The van der Waals surface area contributed by atoms with E-state index in [9.17, 15) is 14.0 Å². The fraction of sp³-hybridized carbons (Fsp3) is 0.263. The molecule has 2 N–H and O–H groups in total. The molecule has 130 valence electrons. The van der Waals surface area contributed by atoms with Gasteiger partial charge in [0.25, 0.3) is 5.91 Å². The molecule has 0 spiro atoms. The van der Waals surface area contributed by atoms with Gasteiger partial charge in [0.2, 0.25) is 0 Å². The van der Waals surface area contributed by atoms with Crippen molar-refractivity contribution in [3.8, 4) is 0 Å². The average Bonchev–Trinajstić information content (AvgIpc) is 3.34. The minimum Gasteiger partial charge on any atom is -0.480 e. The molecular formula is C19H18FNO3S. The van der Waals surface area contributed by atoms with Crippen LogP contribution in [0.1, 0.15) is 35.2 Å². The summed E-state index contributed by atoms with van der Waals surface area (Å²) in [5.41, 5.74) is 1.35. The first-order valence-electron chi connectivity index (χ1n) is 8.00. The van der Waals surface area contributed by atoms with Gasteiger partial charge in [-0.15, -0.1) is 11.8 Å². The predicted octanol–water partition coefficient (Wildman–Crippen LogP) is 3.68. The molecule has 0 radical (unpaired) electrons. The zero-order valence-corrected chi connectivity index (χ0v) is 14.4. The van der Waals surface area contributed by atoms with E-state index in [-0.39, 0.29) is 23.7 Å². The number of carboxylic acids is 1. The summed E-state index contributed by atoms with van der Waals surface area (Å²) in [6.07, 6.45) is 0.774. The van der Waals surface area contributed by atoms with Crippen LogP contribution in [0.5, 0.6) is 0 Å². The van der Waals surface area contributed by atoms with E-state index >= 15 is 0 Å². The molecule has 3 rings (SSSR count). The number of thioether (sulfide) groups is 1. The number of amides is 1. The Morgan fingerprint density at radius 3 is 2.72 bits per heavy atom. The maximum atomic E-state index is 13.3. The van der Waals surface area contributed by atoms with Gasteiger partial charge in [0.1, 0.15) is 11.1 Å². The first-order chi connectivity index (χ1) is 12.0. The van der Waals surface area contributed by atoms with E-state index in [1.165, 1.54) is 12.1 Å². The Kier molecular flexibility index (Phi) is 5.08. The lowest BCUT2D eigenvalue weighted by Gasteiger charge is -2.12. The Hall–Kier alpha value is -2.34. The van der Waals surface area contributed by atoms with Gasteiger partial charge in [0.05, 0.1) is 5.56 Å². The highest BCUT2D eigenvalue weighted by Crippen LogP contribution is 2.41. The lowest BCUT2D eigenvalue weighted by atomic mass is 10.1. The molecule has 1 aliphatic rings. The second kappa shape index (κ2) is 7.27. The molecule has 1 saturated carbocycles. The van der Waals surface area contributed by atoms with Crippen molar-refractivity contribution in [3.05, 3.63) is 65.5 Å². The highest BCUT2D eigenvalue weighted by Gasteiger charge is 2.40. The summed E-state index contributed by atoms with van der Waals surface area (Å²) in [7, 11) is 0. The van der Waals surface area contributed by atoms with Gasteiger partial charge in [-0.1, -0.05) is 24.3 Å². The predicted molar refractivity (Wildman–Crippen MR) is 94.4 cm³/mol. The molecule has 6 heteroatoms. The summed E-state index contributed by atoms with van der Waals surface area (Å²) >= 11 is 1.14. The Bertz CT molecular complexity index is 811. The molecule has 0 bridgehead atoms. The van der Waals surface area contributed by atoms with Gasteiger partial charge in [-0.3, -0.25) is 9.59 Å². The molecule has 0 saturated heterocycles. The van der Waals surface area contributed by atoms with E-state index in [0.29, 0.717) is 10.5 Å². The smallest absolute Gasteiger partial charge is 0.316 e. The fourth-order valence-corrected chi connectivity index (χ4v) is 3.63. The summed E-state index contributed by atoms with van der Waals surface area (Å²) in [4.78, 5) is 24.2. The highest BCUT2D eigenvalue weighted by atomic mass is 32.2. The Balaban J connectivity index is 1.68. The molecule has 2 aromatic carbocycles. The third kappa shape index (κ3) is 4.20. The van der Waals surface area contributed by atoms with Crippen LogP contribution in [0, 0.1) is 5.82 Å². The molecule has 0 heterocycles. The Morgan fingerprint density at radius 2 is 2.00 bits per heavy atom. The summed E-state index contributed by atoms with van der Waals surface area (Å²) < 4.78 is 13.3. The maximum absolute atomic E-state index is 13.3. The van der Waals surface area contributed by atoms with E-state index in [4.69, 9.17) is 5.11 Å². The normalized spacial score (nSPS) is 19.9. The molecule has 1 aliphatic carbocycles. The third-order valence-corrected chi connectivity index (χ3v) is 5.33. The fourth-order valence-electron chi connectivity index (χ4n) is 2.70. The maximum Gasteiger partial charge on any atom is 0.316 e. The van der Waals surface area contributed by atoms with Crippen molar-refractivity contribution < 1.29 is 19.1 Å². The summed E-state index contributed by atoms with van der Waals surface area (Å²) in [6, 6.07) is 13.4. The average molecular weight is 359 g/mol. The Labute approximate surface area is 149 Å². The van der Waals surface area contributed by atoms with Crippen molar-refractivity contribution in [1.29, 1.82) is 0 Å². The van der Waals surface area contributed by atoms with Crippen LogP contribution in [0.2, 0.25) is 0 Å². The largest absolute Gasteiger partial charge is 0.480 e. The molecule has 1 amide bonds. The molecule has 1 fully saturated rings. The van der Waals surface area contributed by atoms with E-state index < -0.39 is 11.2 Å². The molecule has 25 heavy (non-hydrogen) atoms. The van der Waals surface area contributed by atoms with Gasteiger partial charge >= 0.3 is 5.97 Å². The minimum atomic E-state index is -0.923. The first-order valence-corrected chi connectivity index (χ1v) is 8.88. The van der Waals surface area contributed by atoms with Crippen LogP contribution in [0.25, 0.3) is 0 Å². The highest BCUT2D eigenvalue weighted by molar-refractivity contribution is 8.00. The molecule has 0 aromatic heterocycles. The van der Waals surface area contributed by atoms with E-state index in [1.807, 2.05) is 6.07 Å². The molecule has 3 atom stereocenters. The number of carbonyl (C=O) groups excluding carboxylic acids is 1. The quantitative estimate of drug-likeness (QED) is 0.772. The molecule has 3 unspecified atom stereocenters. The van der Waals surface area contributed by atoms with Gasteiger partial charge in [0, 0.05) is 16.9 Å². The van der Waals surface area contributed by atoms with Crippen LogP contribution < -0.4 is 5.32 Å². The van der Waals surface area contributed by atoms with Gasteiger partial charge in [-0.2, -0.15) is 0 Å². The lowest BCUT2D eigenvalue weighted by Crippen LogP contribution is -2.27. The second-order valence-electron chi connectivity index (χ2n) is 6.07. The number of hydrogen-bond donors (Lipinski definition) is 2. The number of carbonyl (C=O) groups is 2. The topological polar surface area (TPSA) is 66.4 Å². The van der Waals surface area contributed by atoms with Crippen LogP contribution in [0.3, 0.4) is 0 Å². The van der Waals surface area contributed by atoms with E-state index in [1.54, 1.807) is 37.3 Å². The molecule has 2 aromatic rings. The van der Waals surface area contributed by atoms with Gasteiger partial charge in [-0.25, -0.2) is 4.39 Å². The van der Waals surface area contributed by atoms with Crippen LogP contribution in [-0.4, -0.2) is 28.3 Å². The SMILES string of the molecule is CC(Sc1ccccc1C(=O)NC1CC1c1cccc(F)c1)C(=O)O. The van der Waals surface area contributed by atoms with Gasteiger partial charge in [-0.05, 0) is 43.2 Å². The number of halogens is 1. The third-order valence-electron chi connectivity index (χ3n) is 4.17. The lowest BCUT2D eigenvalue weighted by molar-refractivity contribution is -0.136. The van der Waals surface area contributed by atoms with Gasteiger partial charge in [0.15, 0.2) is 0 Å². The van der Waals surface area contributed by atoms with Crippen LogP contribution in [0.4, 0.5) is 4.39 Å².